The van der Waals surface area contributed by atoms with E-state index in [0.717, 1.165) is 50.1 Å². The van der Waals surface area contributed by atoms with Gasteiger partial charge in [0.25, 0.3) is 0 Å². The number of para-hydroxylation sites is 1. The number of rotatable bonds is 9. The number of likely N-dealkylation sites (tertiary alicyclic amines) is 1. The minimum atomic E-state index is -0.00643. The lowest BCUT2D eigenvalue weighted by Gasteiger charge is -2.32. The van der Waals surface area contributed by atoms with E-state index in [-0.39, 0.29) is 11.7 Å². The van der Waals surface area contributed by atoms with E-state index in [1.54, 1.807) is 0 Å². The Hall–Kier alpha value is -2.50. The average molecular weight is 380 g/mol. The lowest BCUT2D eigenvalue weighted by molar-refractivity contribution is -0.115. The number of nitrogens with zero attached hydrogens (tertiary/aromatic N) is 1. The van der Waals surface area contributed by atoms with Crippen LogP contribution < -0.4 is 10.6 Å². The fourth-order valence-corrected chi connectivity index (χ4v) is 3.56. The molecule has 148 valence electrons. The van der Waals surface area contributed by atoms with Crippen LogP contribution in [0.2, 0.25) is 0 Å². The van der Waals surface area contributed by atoms with Gasteiger partial charge in [0.1, 0.15) is 0 Å². The maximum atomic E-state index is 12.2. The third-order valence-electron chi connectivity index (χ3n) is 5.17. The van der Waals surface area contributed by atoms with Gasteiger partial charge in [-0.15, -0.1) is 0 Å². The molecule has 0 unspecified atom stereocenters. The van der Waals surface area contributed by atoms with Crippen molar-refractivity contribution in [3.63, 3.8) is 0 Å². The number of benzene rings is 2. The Labute approximate surface area is 167 Å². The van der Waals surface area contributed by atoms with Gasteiger partial charge in [0.05, 0.1) is 6.54 Å². The molecule has 1 amide bonds. The van der Waals surface area contributed by atoms with Gasteiger partial charge in [0, 0.05) is 23.7 Å². The summed E-state index contributed by atoms with van der Waals surface area (Å²) in [5, 5.41) is 6.26. The Kier molecular flexibility index (Phi) is 7.76. The number of amides is 1. The Balaban J connectivity index is 1.28. The lowest BCUT2D eigenvalue weighted by Crippen LogP contribution is -2.45. The molecule has 2 N–H and O–H groups in total. The fraction of sp³-hybridized carbons (Fsp3) is 0.391. The summed E-state index contributed by atoms with van der Waals surface area (Å²) in [7, 11) is 0. The van der Waals surface area contributed by atoms with Crippen molar-refractivity contribution in [2.45, 2.75) is 31.7 Å². The molecular weight excluding hydrogens is 350 g/mol. The van der Waals surface area contributed by atoms with Gasteiger partial charge in [-0.2, -0.15) is 0 Å². The molecule has 28 heavy (non-hydrogen) atoms. The number of hydrogen-bond donors (Lipinski definition) is 2. The molecule has 5 nitrogen and oxygen atoms in total. The highest BCUT2D eigenvalue weighted by Crippen LogP contribution is 2.12. The largest absolute Gasteiger partial charge is 0.325 e. The van der Waals surface area contributed by atoms with Crippen LogP contribution in [0.1, 0.15) is 36.0 Å². The molecule has 2 aromatic carbocycles. The molecule has 0 atom stereocenters. The van der Waals surface area contributed by atoms with Gasteiger partial charge < -0.3 is 15.5 Å². The predicted molar refractivity (Wildman–Crippen MR) is 113 cm³/mol. The molecule has 1 saturated heterocycles. The summed E-state index contributed by atoms with van der Waals surface area (Å²) in [6, 6.07) is 19.4. The smallest absolute Gasteiger partial charge is 0.238 e. The molecule has 1 aliphatic rings. The molecule has 0 saturated carbocycles. The zero-order chi connectivity index (χ0) is 19.6. The van der Waals surface area contributed by atoms with Gasteiger partial charge >= 0.3 is 0 Å². The van der Waals surface area contributed by atoms with Crippen LogP contribution in [0, 0.1) is 0 Å². The van der Waals surface area contributed by atoms with E-state index >= 15 is 0 Å². The Bertz CT molecular complexity index is 741. The number of hydrogen-bond acceptors (Lipinski definition) is 4. The normalized spacial score (nSPS) is 15.3. The first-order valence-corrected chi connectivity index (χ1v) is 10.1. The van der Waals surface area contributed by atoms with Gasteiger partial charge in [-0.25, -0.2) is 0 Å². The minimum Gasteiger partial charge on any atom is -0.325 e. The third-order valence-corrected chi connectivity index (χ3v) is 5.17. The van der Waals surface area contributed by atoms with Crippen LogP contribution in [0.15, 0.2) is 60.7 Å². The SMILES string of the molecule is O=C(CNC1CCN(CCCC(=O)c2ccccc2)CC1)Nc1ccccc1. The van der Waals surface area contributed by atoms with Gasteiger partial charge in [-0.05, 0) is 51.0 Å². The second kappa shape index (κ2) is 10.7. The van der Waals surface area contributed by atoms with E-state index in [1.807, 2.05) is 60.7 Å². The summed E-state index contributed by atoms with van der Waals surface area (Å²) in [6.07, 6.45) is 3.56. The van der Waals surface area contributed by atoms with Crippen LogP contribution in [-0.4, -0.2) is 48.8 Å². The topological polar surface area (TPSA) is 61.4 Å². The van der Waals surface area contributed by atoms with E-state index in [0.29, 0.717) is 19.0 Å². The molecule has 2 aromatic rings. The number of Topliss-reactive ketones (excluding diaryl/α,β-unsaturated/α-hetero) is 1. The maximum Gasteiger partial charge on any atom is 0.238 e. The highest BCUT2D eigenvalue weighted by molar-refractivity contribution is 5.96. The third kappa shape index (κ3) is 6.59. The molecule has 5 heteroatoms. The van der Waals surface area contributed by atoms with E-state index < -0.39 is 0 Å². The van der Waals surface area contributed by atoms with Crippen molar-refractivity contribution in [3.05, 3.63) is 66.2 Å². The van der Waals surface area contributed by atoms with Crippen LogP contribution in [0.3, 0.4) is 0 Å². The average Bonchev–Trinajstić information content (AvgIpc) is 2.74. The van der Waals surface area contributed by atoms with Crippen molar-refractivity contribution in [1.29, 1.82) is 0 Å². The molecule has 3 rings (SSSR count). The first kappa shape index (κ1) is 20.2. The first-order valence-electron chi connectivity index (χ1n) is 10.1. The first-order chi connectivity index (χ1) is 13.7. The maximum absolute atomic E-state index is 12.2. The van der Waals surface area contributed by atoms with Crippen molar-refractivity contribution in [3.8, 4) is 0 Å². The van der Waals surface area contributed by atoms with Crippen LogP contribution in [0.4, 0.5) is 5.69 Å². The monoisotopic (exact) mass is 379 g/mol. The van der Waals surface area contributed by atoms with Crippen LogP contribution in [-0.2, 0) is 4.79 Å². The Morgan fingerprint density at radius 3 is 2.25 bits per heavy atom. The van der Waals surface area contributed by atoms with Gasteiger partial charge in [-0.1, -0.05) is 48.5 Å². The summed E-state index contributed by atoms with van der Waals surface area (Å²) < 4.78 is 0. The minimum absolute atomic E-state index is 0.00643. The number of nitrogens with one attached hydrogen (secondary N) is 2. The number of anilines is 1. The van der Waals surface area contributed by atoms with Crippen LogP contribution >= 0.6 is 0 Å². The quantitative estimate of drug-likeness (QED) is 0.656. The van der Waals surface area contributed by atoms with E-state index in [2.05, 4.69) is 15.5 Å². The lowest BCUT2D eigenvalue weighted by atomic mass is 10.0. The number of ketones is 1. The number of carbonyl (C=O) groups is 2. The predicted octanol–water partition coefficient (Wildman–Crippen LogP) is 3.34. The summed E-state index contributed by atoms with van der Waals surface area (Å²) in [4.78, 5) is 26.6. The van der Waals surface area contributed by atoms with Crippen LogP contribution in [0.5, 0.6) is 0 Å². The molecule has 1 fully saturated rings. The van der Waals surface area contributed by atoms with Crippen molar-refractivity contribution < 1.29 is 9.59 Å². The molecule has 1 heterocycles. The molecular formula is C23H29N3O2. The summed E-state index contributed by atoms with van der Waals surface area (Å²) in [6.45, 7) is 3.32. The molecule has 0 radical (unpaired) electrons. The summed E-state index contributed by atoms with van der Waals surface area (Å²) in [5.41, 5.74) is 1.63. The van der Waals surface area contributed by atoms with Crippen molar-refractivity contribution in [2.75, 3.05) is 31.5 Å². The molecule has 0 bridgehead atoms. The van der Waals surface area contributed by atoms with Crippen LogP contribution in [0.25, 0.3) is 0 Å². The second-order valence-corrected chi connectivity index (χ2v) is 7.30. The fourth-order valence-electron chi connectivity index (χ4n) is 3.56. The molecule has 0 spiro atoms. The Morgan fingerprint density at radius 1 is 0.929 bits per heavy atom. The number of piperidine rings is 1. The highest BCUT2D eigenvalue weighted by atomic mass is 16.2. The van der Waals surface area contributed by atoms with Gasteiger partial charge in [0.15, 0.2) is 5.78 Å². The summed E-state index contributed by atoms with van der Waals surface area (Å²) >= 11 is 0. The van der Waals surface area contributed by atoms with E-state index in [1.165, 1.54) is 0 Å². The zero-order valence-corrected chi connectivity index (χ0v) is 16.3. The van der Waals surface area contributed by atoms with Crippen molar-refractivity contribution in [2.24, 2.45) is 0 Å². The molecule has 0 aliphatic carbocycles. The van der Waals surface area contributed by atoms with E-state index in [4.69, 9.17) is 0 Å². The van der Waals surface area contributed by atoms with Gasteiger partial charge in [-0.3, -0.25) is 9.59 Å². The van der Waals surface area contributed by atoms with Crippen molar-refractivity contribution in [1.82, 2.24) is 10.2 Å². The standard InChI is InChI=1S/C23H29N3O2/c27-22(19-8-3-1-4-9-19)12-7-15-26-16-13-20(14-17-26)24-18-23(28)25-21-10-5-2-6-11-21/h1-6,8-11,20,24H,7,12-18H2,(H,25,28). The highest BCUT2D eigenvalue weighted by Gasteiger charge is 2.19. The summed E-state index contributed by atoms with van der Waals surface area (Å²) in [5.74, 6) is 0.217. The molecule has 0 aromatic heterocycles. The zero-order valence-electron chi connectivity index (χ0n) is 16.3. The molecule has 1 aliphatic heterocycles. The number of carbonyl (C=O) groups excluding carboxylic acids is 2. The second-order valence-electron chi connectivity index (χ2n) is 7.30. The van der Waals surface area contributed by atoms with Crippen molar-refractivity contribution >= 4 is 17.4 Å². The van der Waals surface area contributed by atoms with E-state index in [9.17, 15) is 9.59 Å². The Morgan fingerprint density at radius 2 is 1.57 bits per heavy atom. The van der Waals surface area contributed by atoms with Gasteiger partial charge in [0.2, 0.25) is 5.91 Å².